The first kappa shape index (κ1) is 21.3. The Labute approximate surface area is 186 Å². The van der Waals surface area contributed by atoms with E-state index in [1.807, 2.05) is 41.1 Å². The second kappa shape index (κ2) is 9.06. The van der Waals surface area contributed by atoms with E-state index in [0.717, 1.165) is 10.9 Å². The highest BCUT2D eigenvalue weighted by molar-refractivity contribution is 6.01. The van der Waals surface area contributed by atoms with Gasteiger partial charge in [0.2, 0.25) is 0 Å². The summed E-state index contributed by atoms with van der Waals surface area (Å²) in [4.78, 5) is 29.9. The number of carbonyl (C=O) groups excluding carboxylic acids is 2. The van der Waals surface area contributed by atoms with Crippen LogP contribution in [-0.4, -0.2) is 35.3 Å². The summed E-state index contributed by atoms with van der Waals surface area (Å²) >= 11 is 0. The van der Waals surface area contributed by atoms with Crippen molar-refractivity contribution in [2.24, 2.45) is 0 Å². The van der Waals surface area contributed by atoms with Gasteiger partial charge in [0, 0.05) is 30.0 Å². The summed E-state index contributed by atoms with van der Waals surface area (Å²) in [6, 6.07) is 18.5. The van der Waals surface area contributed by atoms with Gasteiger partial charge in [0.15, 0.2) is 23.1 Å². The Hall–Kier alpha value is -3.93. The molecule has 162 valence electrons. The van der Waals surface area contributed by atoms with Crippen molar-refractivity contribution in [3.8, 4) is 17.3 Å². The average Bonchev–Trinajstić information content (AvgIpc) is 3.27. The van der Waals surface area contributed by atoms with Crippen LogP contribution in [0.25, 0.3) is 16.7 Å². The second-order valence-electron chi connectivity index (χ2n) is 7.49. The van der Waals surface area contributed by atoms with Gasteiger partial charge in [-0.25, -0.2) is 4.98 Å². The Bertz CT molecular complexity index is 1310. The van der Waals surface area contributed by atoms with Crippen molar-refractivity contribution in [3.05, 3.63) is 83.7 Å². The molecule has 32 heavy (non-hydrogen) atoms. The normalized spacial score (nSPS) is 10.8. The van der Waals surface area contributed by atoms with Crippen molar-refractivity contribution >= 4 is 22.5 Å². The molecule has 0 unspecified atom stereocenters. The van der Waals surface area contributed by atoms with Crippen LogP contribution in [0.4, 0.5) is 0 Å². The van der Waals surface area contributed by atoms with E-state index in [0.29, 0.717) is 28.6 Å². The lowest BCUT2D eigenvalue weighted by Gasteiger charge is -2.09. The van der Waals surface area contributed by atoms with E-state index in [4.69, 9.17) is 9.47 Å². The second-order valence-corrected chi connectivity index (χ2v) is 7.49. The predicted molar refractivity (Wildman–Crippen MR) is 123 cm³/mol. The summed E-state index contributed by atoms with van der Waals surface area (Å²) in [6.07, 6.45) is 2.12. The molecule has 2 aromatic heterocycles. The van der Waals surface area contributed by atoms with Crippen molar-refractivity contribution < 1.29 is 19.1 Å². The molecule has 0 amide bonds. The lowest BCUT2D eigenvalue weighted by atomic mass is 10.0. The standard InChI is InChI=1S/C26H24N2O4/c1-17-6-4-8-21-19(17)14-15-28(21)26-9-5-7-20(27-26)23(30)12-11-22(29)18-10-13-24(31-2)25(16-18)32-3/h4-10,13-16H,11-12H2,1-3H3. The summed E-state index contributed by atoms with van der Waals surface area (Å²) in [5.74, 6) is 1.39. The van der Waals surface area contributed by atoms with E-state index in [2.05, 4.69) is 18.0 Å². The molecule has 0 aliphatic carbocycles. The van der Waals surface area contributed by atoms with E-state index in [-0.39, 0.29) is 24.4 Å². The molecule has 6 heteroatoms. The number of ketones is 2. The SMILES string of the molecule is COc1ccc(C(=O)CCC(=O)c2cccc(-n3ccc4c(C)cccc43)n2)cc1OC. The maximum atomic E-state index is 12.8. The number of Topliss-reactive ketones (excluding diaryl/α,β-unsaturated/α-hetero) is 2. The molecule has 6 nitrogen and oxygen atoms in total. The molecule has 0 saturated carbocycles. The number of fused-ring (bicyclic) bond motifs is 1. The Morgan fingerprint density at radius 2 is 1.62 bits per heavy atom. The maximum Gasteiger partial charge on any atom is 0.181 e. The number of hydrogen-bond donors (Lipinski definition) is 0. The first-order chi connectivity index (χ1) is 15.5. The molecule has 0 N–H and O–H groups in total. The van der Waals surface area contributed by atoms with Crippen LogP contribution in [0.1, 0.15) is 39.3 Å². The average molecular weight is 428 g/mol. The molecule has 0 spiro atoms. The van der Waals surface area contributed by atoms with E-state index < -0.39 is 0 Å². The maximum absolute atomic E-state index is 12.8. The van der Waals surface area contributed by atoms with Crippen molar-refractivity contribution in [1.29, 1.82) is 0 Å². The monoisotopic (exact) mass is 428 g/mol. The van der Waals surface area contributed by atoms with Crippen LogP contribution in [0.15, 0.2) is 66.9 Å². The molecular formula is C26H24N2O4. The number of ether oxygens (including phenoxy) is 2. The Morgan fingerprint density at radius 3 is 2.41 bits per heavy atom. The van der Waals surface area contributed by atoms with Gasteiger partial charge in [0.25, 0.3) is 0 Å². The van der Waals surface area contributed by atoms with Crippen LogP contribution in [0, 0.1) is 6.92 Å². The molecule has 0 bridgehead atoms. The minimum Gasteiger partial charge on any atom is -0.493 e. The number of carbonyl (C=O) groups is 2. The van der Waals surface area contributed by atoms with E-state index in [1.165, 1.54) is 19.8 Å². The fourth-order valence-corrected chi connectivity index (χ4v) is 3.74. The van der Waals surface area contributed by atoms with Gasteiger partial charge in [-0.05, 0) is 55.0 Å². The Kier molecular flexibility index (Phi) is 6.03. The van der Waals surface area contributed by atoms with E-state index >= 15 is 0 Å². The molecular weight excluding hydrogens is 404 g/mol. The van der Waals surface area contributed by atoms with Crippen LogP contribution in [0.3, 0.4) is 0 Å². The molecule has 0 aliphatic heterocycles. The third-order valence-electron chi connectivity index (χ3n) is 5.50. The highest BCUT2D eigenvalue weighted by Gasteiger charge is 2.15. The van der Waals surface area contributed by atoms with Gasteiger partial charge in [-0.3, -0.25) is 9.59 Å². The fourth-order valence-electron chi connectivity index (χ4n) is 3.74. The van der Waals surface area contributed by atoms with Crippen LogP contribution in [0.2, 0.25) is 0 Å². The number of nitrogens with zero attached hydrogens (tertiary/aromatic N) is 2. The van der Waals surface area contributed by atoms with Gasteiger partial charge in [-0.1, -0.05) is 18.2 Å². The quantitative estimate of drug-likeness (QED) is 0.361. The lowest BCUT2D eigenvalue weighted by molar-refractivity contribution is 0.0915. The predicted octanol–water partition coefficient (Wildman–Crippen LogP) is 5.20. The van der Waals surface area contributed by atoms with Gasteiger partial charge in [0.05, 0.1) is 19.7 Å². The fraction of sp³-hybridized carbons (Fsp3) is 0.192. The molecule has 0 aliphatic rings. The third-order valence-corrected chi connectivity index (χ3v) is 5.50. The third kappa shape index (κ3) is 4.12. The van der Waals surface area contributed by atoms with Crippen molar-refractivity contribution in [2.45, 2.75) is 19.8 Å². The van der Waals surface area contributed by atoms with Crippen molar-refractivity contribution in [1.82, 2.24) is 9.55 Å². The number of methoxy groups -OCH3 is 2. The highest BCUT2D eigenvalue weighted by atomic mass is 16.5. The van der Waals surface area contributed by atoms with Gasteiger partial charge in [0.1, 0.15) is 11.5 Å². The number of aryl methyl sites for hydroxylation is 1. The molecule has 0 fully saturated rings. The van der Waals surface area contributed by atoms with Gasteiger partial charge in [-0.15, -0.1) is 0 Å². The minimum atomic E-state index is -0.173. The molecule has 2 aromatic carbocycles. The molecule has 4 rings (SSSR count). The number of pyridine rings is 1. The van der Waals surface area contributed by atoms with Crippen LogP contribution in [0.5, 0.6) is 11.5 Å². The summed E-state index contributed by atoms with van der Waals surface area (Å²) in [6.45, 7) is 2.06. The Balaban J connectivity index is 1.50. The lowest BCUT2D eigenvalue weighted by Crippen LogP contribution is -2.08. The summed E-state index contributed by atoms with van der Waals surface area (Å²) in [7, 11) is 3.06. The zero-order chi connectivity index (χ0) is 22.7. The zero-order valence-corrected chi connectivity index (χ0v) is 18.3. The number of rotatable bonds is 8. The topological polar surface area (TPSA) is 70.4 Å². The molecule has 0 atom stereocenters. The summed E-state index contributed by atoms with van der Waals surface area (Å²) in [5.41, 5.74) is 3.04. The van der Waals surface area contributed by atoms with Crippen LogP contribution >= 0.6 is 0 Å². The zero-order valence-electron chi connectivity index (χ0n) is 18.3. The van der Waals surface area contributed by atoms with Crippen LogP contribution in [-0.2, 0) is 0 Å². The largest absolute Gasteiger partial charge is 0.493 e. The van der Waals surface area contributed by atoms with Crippen molar-refractivity contribution in [3.63, 3.8) is 0 Å². The van der Waals surface area contributed by atoms with Gasteiger partial charge >= 0.3 is 0 Å². The summed E-state index contributed by atoms with van der Waals surface area (Å²) in [5, 5.41) is 1.14. The molecule has 0 radical (unpaired) electrons. The highest BCUT2D eigenvalue weighted by Crippen LogP contribution is 2.28. The first-order valence-corrected chi connectivity index (χ1v) is 10.3. The van der Waals surface area contributed by atoms with E-state index in [1.54, 1.807) is 24.3 Å². The number of aromatic nitrogens is 2. The first-order valence-electron chi connectivity index (χ1n) is 10.3. The van der Waals surface area contributed by atoms with Gasteiger partial charge < -0.3 is 14.0 Å². The number of benzene rings is 2. The van der Waals surface area contributed by atoms with Gasteiger partial charge in [-0.2, -0.15) is 0 Å². The van der Waals surface area contributed by atoms with Crippen LogP contribution < -0.4 is 9.47 Å². The molecule has 0 saturated heterocycles. The van der Waals surface area contributed by atoms with E-state index in [9.17, 15) is 9.59 Å². The number of hydrogen-bond acceptors (Lipinski definition) is 5. The smallest absolute Gasteiger partial charge is 0.181 e. The van der Waals surface area contributed by atoms with Crippen molar-refractivity contribution in [2.75, 3.05) is 14.2 Å². The Morgan fingerprint density at radius 1 is 0.875 bits per heavy atom. The molecule has 4 aromatic rings. The summed E-state index contributed by atoms with van der Waals surface area (Å²) < 4.78 is 12.4. The minimum absolute atomic E-state index is 0.0785. The molecule has 2 heterocycles.